The molecule has 0 fully saturated rings. The molecule has 2 aromatic heterocycles. The lowest BCUT2D eigenvalue weighted by Gasteiger charge is -2.10. The molecule has 0 atom stereocenters. The first kappa shape index (κ1) is 18.6. The van der Waals surface area contributed by atoms with Gasteiger partial charge in [-0.3, -0.25) is 0 Å². The summed E-state index contributed by atoms with van der Waals surface area (Å²) >= 11 is 0. The van der Waals surface area contributed by atoms with E-state index in [0.717, 1.165) is 68.4 Å². The Labute approximate surface area is 194 Å². The van der Waals surface area contributed by atoms with Gasteiger partial charge in [0.1, 0.15) is 11.6 Å². The monoisotopic (exact) mass is 442 g/mol. The van der Waals surface area contributed by atoms with E-state index in [9.17, 15) is 0 Å². The third kappa shape index (κ3) is 3.08. The molecule has 0 aromatic carbocycles. The molecule has 7 rings (SSSR count). The molecule has 34 heavy (non-hydrogen) atoms. The normalized spacial score (nSPS) is 19.8. The first-order valence-corrected chi connectivity index (χ1v) is 10.9. The quantitative estimate of drug-likeness (QED) is 0.540. The Kier molecular flexibility index (Phi) is 3.98. The predicted molar refractivity (Wildman–Crippen MR) is 134 cm³/mol. The number of rotatable bonds is 1. The maximum absolute atomic E-state index is 4.88. The molecular weight excluding hydrogens is 424 g/mol. The molecule has 5 aliphatic rings. The zero-order valence-corrected chi connectivity index (χ0v) is 17.9. The van der Waals surface area contributed by atoms with Crippen molar-refractivity contribution in [3.63, 3.8) is 0 Å². The van der Waals surface area contributed by atoms with Gasteiger partial charge < -0.3 is 20.6 Å². The summed E-state index contributed by atoms with van der Waals surface area (Å²) in [5, 5.41) is 6.54. The Morgan fingerprint density at radius 3 is 2.29 bits per heavy atom. The molecule has 8 nitrogen and oxygen atoms in total. The van der Waals surface area contributed by atoms with E-state index in [1.165, 1.54) is 0 Å². The van der Waals surface area contributed by atoms with Gasteiger partial charge in [0.15, 0.2) is 0 Å². The molecule has 8 bridgehead atoms. The Morgan fingerprint density at radius 2 is 1.50 bits per heavy atom. The minimum atomic E-state index is 0.729. The predicted octanol–water partition coefficient (Wildman–Crippen LogP) is 3.75. The summed E-state index contributed by atoms with van der Waals surface area (Å²) in [4.78, 5) is 25.8. The maximum Gasteiger partial charge on any atom is 0.141 e. The van der Waals surface area contributed by atoms with Crippen molar-refractivity contribution in [3.8, 4) is 0 Å². The minimum Gasteiger partial charge on any atom is -0.355 e. The minimum absolute atomic E-state index is 0.729. The molecule has 0 aliphatic carbocycles. The van der Waals surface area contributed by atoms with Crippen LogP contribution in [0.25, 0.3) is 17.2 Å². The second-order valence-electron chi connectivity index (χ2n) is 8.07. The van der Waals surface area contributed by atoms with E-state index in [2.05, 4.69) is 31.7 Å². The number of nitrogens with zero attached hydrogens (tertiary/aromatic N) is 4. The van der Waals surface area contributed by atoms with Gasteiger partial charge in [-0.1, -0.05) is 0 Å². The van der Waals surface area contributed by atoms with Gasteiger partial charge in [0, 0.05) is 30.5 Å². The molecular formula is C26H18N8. The second kappa shape index (κ2) is 7.28. The summed E-state index contributed by atoms with van der Waals surface area (Å²) in [6.07, 6.45) is 23.3. The summed E-state index contributed by atoms with van der Waals surface area (Å²) in [7, 11) is 0. The molecule has 0 unspecified atom stereocenters. The van der Waals surface area contributed by atoms with Crippen molar-refractivity contribution >= 4 is 34.4 Å². The van der Waals surface area contributed by atoms with Gasteiger partial charge >= 0.3 is 0 Å². The summed E-state index contributed by atoms with van der Waals surface area (Å²) in [5.74, 6) is 1.60. The Hall–Kier alpha value is -4.98. The second-order valence-corrected chi connectivity index (χ2v) is 8.07. The number of aromatic nitrogens is 3. The highest BCUT2D eigenvalue weighted by molar-refractivity contribution is 6.32. The molecule has 7 heterocycles. The van der Waals surface area contributed by atoms with Crippen molar-refractivity contribution in [2.45, 2.75) is 0 Å². The van der Waals surface area contributed by atoms with Crippen LogP contribution in [0.15, 0.2) is 117 Å². The van der Waals surface area contributed by atoms with Crippen molar-refractivity contribution in [1.29, 1.82) is 0 Å². The van der Waals surface area contributed by atoms with Crippen molar-refractivity contribution < 1.29 is 0 Å². The number of hydrogen-bond donors (Lipinski definition) is 4. The lowest BCUT2D eigenvalue weighted by atomic mass is 10.1. The Balaban J connectivity index is 1.45. The lowest BCUT2D eigenvalue weighted by molar-refractivity contribution is 0.995. The van der Waals surface area contributed by atoms with Crippen molar-refractivity contribution in [2.24, 2.45) is 15.0 Å². The van der Waals surface area contributed by atoms with Crippen LogP contribution in [0.3, 0.4) is 0 Å². The summed E-state index contributed by atoms with van der Waals surface area (Å²) in [6.45, 7) is 0. The third-order valence-corrected chi connectivity index (χ3v) is 5.85. The van der Waals surface area contributed by atoms with Crippen LogP contribution < -0.4 is 10.6 Å². The van der Waals surface area contributed by atoms with Crippen LogP contribution in [0.5, 0.6) is 0 Å². The highest BCUT2D eigenvalue weighted by Crippen LogP contribution is 2.30. The molecule has 4 N–H and O–H groups in total. The van der Waals surface area contributed by atoms with E-state index in [4.69, 9.17) is 15.0 Å². The van der Waals surface area contributed by atoms with Gasteiger partial charge in [0.25, 0.3) is 0 Å². The topological polar surface area (TPSA) is 106 Å². The first-order valence-electron chi connectivity index (χ1n) is 10.9. The van der Waals surface area contributed by atoms with Gasteiger partial charge in [-0.15, -0.1) is 0 Å². The Bertz CT molecular complexity index is 1560. The number of nitrogens with one attached hydrogen (secondary N) is 4. The Morgan fingerprint density at radius 1 is 0.706 bits per heavy atom. The molecule has 8 heteroatoms. The van der Waals surface area contributed by atoms with Crippen LogP contribution in [-0.2, 0) is 0 Å². The lowest BCUT2D eigenvalue weighted by Crippen LogP contribution is -2.16. The molecule has 0 amide bonds. The molecule has 0 radical (unpaired) electrons. The zero-order valence-electron chi connectivity index (χ0n) is 17.9. The fraction of sp³-hybridized carbons (Fsp3) is 0. The van der Waals surface area contributed by atoms with E-state index in [0.29, 0.717) is 0 Å². The van der Waals surface area contributed by atoms with Crippen molar-refractivity contribution in [1.82, 2.24) is 25.6 Å². The molecule has 0 saturated heterocycles. The average molecular weight is 442 g/mol. The highest BCUT2D eigenvalue weighted by Gasteiger charge is 2.22. The fourth-order valence-electron chi connectivity index (χ4n) is 4.36. The van der Waals surface area contributed by atoms with Crippen LogP contribution in [-0.4, -0.2) is 32.1 Å². The maximum atomic E-state index is 4.88. The number of hydrogen-bond acceptors (Lipinski definition) is 6. The number of aliphatic imine (C=N–C) groups is 3. The number of imidazole rings is 1. The molecule has 5 aliphatic heterocycles. The smallest absolute Gasteiger partial charge is 0.141 e. The molecule has 0 saturated carbocycles. The van der Waals surface area contributed by atoms with E-state index < -0.39 is 0 Å². The molecule has 0 spiro atoms. The number of allylic oxidation sites excluding steroid dienone is 9. The zero-order chi connectivity index (χ0) is 22.5. The van der Waals surface area contributed by atoms with Crippen LogP contribution in [0, 0.1) is 0 Å². The van der Waals surface area contributed by atoms with E-state index in [-0.39, 0.29) is 0 Å². The number of H-pyrrole nitrogens is 2. The van der Waals surface area contributed by atoms with Crippen LogP contribution in [0.1, 0.15) is 17.2 Å². The number of aromatic amines is 2. The van der Waals surface area contributed by atoms with E-state index in [1.807, 2.05) is 67.1 Å². The van der Waals surface area contributed by atoms with Crippen LogP contribution in [0.2, 0.25) is 0 Å². The van der Waals surface area contributed by atoms with Crippen LogP contribution >= 0.6 is 0 Å². The standard InChI is InChI=1S/C26H18N8/c1-5-19-23(25-27-9-10-28-25)20-7-3-17(33-20)14-18-4-8-22(34-18)24(26-29-11-12-30-26)21-6-2-16(32-21)13-15(1)31-19/h1-14,27-28,31H,(H,29,30). The first-order chi connectivity index (χ1) is 16.8. The van der Waals surface area contributed by atoms with Gasteiger partial charge in [-0.25, -0.2) is 20.0 Å². The summed E-state index contributed by atoms with van der Waals surface area (Å²) in [6, 6.07) is 4.10. The van der Waals surface area contributed by atoms with Crippen LogP contribution in [0.4, 0.5) is 0 Å². The van der Waals surface area contributed by atoms with E-state index in [1.54, 1.807) is 12.4 Å². The molecule has 162 valence electrons. The number of fused-ring (bicyclic) bond motifs is 5. The third-order valence-electron chi connectivity index (χ3n) is 5.85. The summed E-state index contributed by atoms with van der Waals surface area (Å²) in [5.41, 5.74) is 8.69. The van der Waals surface area contributed by atoms with Gasteiger partial charge in [0.2, 0.25) is 0 Å². The van der Waals surface area contributed by atoms with Gasteiger partial charge in [-0.2, -0.15) is 0 Å². The van der Waals surface area contributed by atoms with E-state index >= 15 is 0 Å². The van der Waals surface area contributed by atoms with Crippen molar-refractivity contribution in [3.05, 3.63) is 120 Å². The fourth-order valence-corrected chi connectivity index (χ4v) is 4.36. The summed E-state index contributed by atoms with van der Waals surface area (Å²) < 4.78 is 0. The van der Waals surface area contributed by atoms with Gasteiger partial charge in [-0.05, 0) is 60.7 Å². The average Bonchev–Trinajstić information content (AvgIpc) is 3.67. The van der Waals surface area contributed by atoms with Crippen molar-refractivity contribution in [2.75, 3.05) is 0 Å². The SMILES string of the molecule is C1=CNC(=C2C3=NC(=CC4=NC(=C(c5ncc[nH]5)C5=NC(=Cc6ccc2[nH]6)C=C5)C=C4)C=C3)N1. The largest absolute Gasteiger partial charge is 0.355 e. The highest BCUT2D eigenvalue weighted by atomic mass is 15.1. The van der Waals surface area contributed by atoms with Gasteiger partial charge in [0.05, 0.1) is 51.1 Å². The molecule has 2 aromatic rings.